The molecule has 5 rings (SSSR count). The number of fused-ring (bicyclic) bond motifs is 1. The lowest BCUT2D eigenvalue weighted by atomic mass is 9.80. The van der Waals surface area contributed by atoms with Crippen LogP contribution in [-0.4, -0.2) is 41.2 Å². The lowest BCUT2D eigenvalue weighted by Gasteiger charge is -2.36. The number of hydrazone groups is 1. The summed E-state index contributed by atoms with van der Waals surface area (Å²) in [5.74, 6) is 2.96. The van der Waals surface area contributed by atoms with Crippen molar-refractivity contribution in [3.63, 3.8) is 0 Å². The Labute approximate surface area is 213 Å². The van der Waals surface area contributed by atoms with E-state index in [4.69, 9.17) is 9.57 Å². The molecule has 5 aliphatic rings. The van der Waals surface area contributed by atoms with Crippen molar-refractivity contribution in [1.29, 1.82) is 0 Å². The average Bonchev–Trinajstić information content (AvgIpc) is 3.47. The standard InChI is InChI=1S/C27H38N6O3/c1-16(2)25-31-30-24-13-10-17(15-33(24)25)35-21-12-11-20(18-8-6-7-9-19(18)21)28-26(34)29-23-14-22(36-32-23)27(3,4)5/h7,9-10,13-16,20-21,23,25,31-32H,6,8,11-12H2,1-5H3,(H2,28,29,34)/t20-,21?,23?,25?/m0/s1. The number of allylic oxidation sites excluding steroid dienone is 3. The van der Waals surface area contributed by atoms with Crippen LogP contribution in [0, 0.1) is 11.3 Å². The van der Waals surface area contributed by atoms with Crippen LogP contribution in [0.2, 0.25) is 0 Å². The Morgan fingerprint density at radius 3 is 2.81 bits per heavy atom. The van der Waals surface area contributed by atoms with E-state index in [2.05, 4.69) is 78.3 Å². The molecule has 3 unspecified atom stereocenters. The smallest absolute Gasteiger partial charge is 0.316 e. The summed E-state index contributed by atoms with van der Waals surface area (Å²) in [5.41, 5.74) is 8.41. The quantitative estimate of drug-likeness (QED) is 0.463. The van der Waals surface area contributed by atoms with Gasteiger partial charge in [0.1, 0.15) is 30.0 Å². The number of carbonyl (C=O) groups excluding carboxylic acids is 1. The molecule has 0 aromatic carbocycles. The molecule has 9 heteroatoms. The third kappa shape index (κ3) is 5.02. The molecule has 3 aliphatic heterocycles. The van der Waals surface area contributed by atoms with Gasteiger partial charge in [0.25, 0.3) is 0 Å². The van der Waals surface area contributed by atoms with Gasteiger partial charge in [-0.15, -0.1) is 5.48 Å². The van der Waals surface area contributed by atoms with Gasteiger partial charge in [-0.1, -0.05) is 46.8 Å². The summed E-state index contributed by atoms with van der Waals surface area (Å²) in [7, 11) is 0. The number of ether oxygens (including phenoxy) is 1. The van der Waals surface area contributed by atoms with Crippen LogP contribution in [-0.2, 0) is 9.57 Å². The predicted octanol–water partition coefficient (Wildman–Crippen LogP) is 3.88. The summed E-state index contributed by atoms with van der Waals surface area (Å²) in [6, 6.07) is -0.222. The lowest BCUT2D eigenvalue weighted by molar-refractivity contribution is 0.0748. The number of carbonyl (C=O) groups is 1. The van der Waals surface area contributed by atoms with Crippen LogP contribution in [0.5, 0.6) is 0 Å². The van der Waals surface area contributed by atoms with Gasteiger partial charge in [0.05, 0.1) is 6.04 Å². The zero-order chi connectivity index (χ0) is 25.4. The van der Waals surface area contributed by atoms with Crippen molar-refractivity contribution in [2.24, 2.45) is 16.4 Å². The molecule has 0 saturated heterocycles. The highest BCUT2D eigenvalue weighted by atomic mass is 16.7. The van der Waals surface area contributed by atoms with Crippen molar-refractivity contribution in [2.45, 2.75) is 84.8 Å². The van der Waals surface area contributed by atoms with Crippen LogP contribution in [0.1, 0.15) is 60.3 Å². The number of amides is 2. The number of amidine groups is 1. The van der Waals surface area contributed by atoms with E-state index in [1.165, 1.54) is 11.1 Å². The topological polar surface area (TPSA) is 99.2 Å². The number of hydroxylamine groups is 1. The van der Waals surface area contributed by atoms with Gasteiger partial charge < -0.3 is 25.1 Å². The third-order valence-corrected chi connectivity index (χ3v) is 7.13. The van der Waals surface area contributed by atoms with E-state index in [1.807, 2.05) is 24.4 Å². The van der Waals surface area contributed by atoms with Crippen molar-refractivity contribution >= 4 is 11.9 Å². The second kappa shape index (κ2) is 9.69. The van der Waals surface area contributed by atoms with Gasteiger partial charge in [-0.05, 0) is 61.0 Å². The number of nitrogens with zero attached hydrogens (tertiary/aromatic N) is 2. The van der Waals surface area contributed by atoms with Gasteiger partial charge in [0.2, 0.25) is 0 Å². The van der Waals surface area contributed by atoms with Crippen molar-refractivity contribution in [3.8, 4) is 0 Å². The monoisotopic (exact) mass is 494 g/mol. The molecule has 194 valence electrons. The highest BCUT2D eigenvalue weighted by Gasteiger charge is 2.34. The summed E-state index contributed by atoms with van der Waals surface area (Å²) >= 11 is 0. The van der Waals surface area contributed by atoms with Gasteiger partial charge in [-0.25, -0.2) is 4.79 Å². The zero-order valence-corrected chi connectivity index (χ0v) is 21.8. The van der Waals surface area contributed by atoms with Crippen molar-refractivity contribution in [3.05, 3.63) is 59.2 Å². The fraction of sp³-hybridized carbons (Fsp3) is 0.556. The zero-order valence-electron chi connectivity index (χ0n) is 21.8. The largest absolute Gasteiger partial charge is 0.484 e. The molecule has 4 N–H and O–H groups in total. The molecule has 0 saturated carbocycles. The molecule has 2 amide bonds. The molecule has 0 aromatic rings. The van der Waals surface area contributed by atoms with E-state index in [1.54, 1.807) is 0 Å². The normalized spacial score (nSPS) is 29.1. The Morgan fingerprint density at radius 2 is 2.06 bits per heavy atom. The fourth-order valence-corrected chi connectivity index (χ4v) is 5.19. The van der Waals surface area contributed by atoms with Gasteiger partial charge in [-0.2, -0.15) is 5.10 Å². The van der Waals surface area contributed by atoms with Crippen LogP contribution in [0.15, 0.2) is 64.3 Å². The van der Waals surface area contributed by atoms with E-state index in [0.717, 1.165) is 43.0 Å². The molecule has 0 radical (unpaired) electrons. The Morgan fingerprint density at radius 1 is 1.22 bits per heavy atom. The molecule has 0 bridgehead atoms. The molecule has 0 spiro atoms. The first-order valence-electron chi connectivity index (χ1n) is 13.0. The van der Waals surface area contributed by atoms with E-state index in [0.29, 0.717) is 5.92 Å². The van der Waals surface area contributed by atoms with Crippen molar-refractivity contribution in [2.75, 3.05) is 0 Å². The molecular weight excluding hydrogens is 456 g/mol. The van der Waals surface area contributed by atoms with Gasteiger partial charge in [0.15, 0.2) is 5.84 Å². The highest BCUT2D eigenvalue weighted by Crippen LogP contribution is 2.36. The van der Waals surface area contributed by atoms with E-state index >= 15 is 0 Å². The Bertz CT molecular complexity index is 1080. The van der Waals surface area contributed by atoms with Gasteiger partial charge in [0, 0.05) is 11.6 Å². The summed E-state index contributed by atoms with van der Waals surface area (Å²) in [6.07, 6.45) is 15.6. The highest BCUT2D eigenvalue weighted by molar-refractivity contribution is 5.96. The second-order valence-corrected chi connectivity index (χ2v) is 11.3. The average molecular weight is 495 g/mol. The maximum absolute atomic E-state index is 12.8. The summed E-state index contributed by atoms with van der Waals surface area (Å²) in [4.78, 5) is 20.5. The minimum Gasteiger partial charge on any atom is -0.484 e. The molecular formula is C27H38N6O3. The fourth-order valence-electron chi connectivity index (χ4n) is 5.19. The first kappa shape index (κ1) is 24.5. The molecule has 4 atom stereocenters. The van der Waals surface area contributed by atoms with Crippen LogP contribution in [0.4, 0.5) is 4.79 Å². The number of urea groups is 1. The lowest BCUT2D eigenvalue weighted by Crippen LogP contribution is -2.50. The molecule has 3 heterocycles. The number of rotatable bonds is 5. The Kier molecular flexibility index (Phi) is 6.59. The van der Waals surface area contributed by atoms with E-state index < -0.39 is 0 Å². The van der Waals surface area contributed by atoms with E-state index in [-0.39, 0.29) is 35.9 Å². The van der Waals surface area contributed by atoms with Crippen LogP contribution < -0.4 is 21.5 Å². The molecule has 0 fully saturated rings. The first-order valence-corrected chi connectivity index (χ1v) is 13.0. The maximum atomic E-state index is 12.8. The minimum atomic E-state index is -0.355. The SMILES string of the molecule is CC(C)C1NN=C2C=CC(OC3CC[C@H](NC(=O)NC4C=C(C(C)(C)C)ON4)C4=C3C=CCC4)=CN21. The van der Waals surface area contributed by atoms with Gasteiger partial charge >= 0.3 is 6.03 Å². The maximum Gasteiger partial charge on any atom is 0.316 e. The second-order valence-electron chi connectivity index (χ2n) is 11.3. The van der Waals surface area contributed by atoms with Crippen molar-refractivity contribution in [1.82, 2.24) is 26.4 Å². The number of hydrogen-bond donors (Lipinski definition) is 4. The molecule has 0 aromatic heterocycles. The summed E-state index contributed by atoms with van der Waals surface area (Å²) in [5, 5.41) is 10.6. The van der Waals surface area contributed by atoms with Gasteiger partial charge in [-0.3, -0.25) is 5.43 Å². The Hall–Kier alpha value is -3.20. The van der Waals surface area contributed by atoms with E-state index in [9.17, 15) is 4.79 Å². The Balaban J connectivity index is 1.25. The minimum absolute atomic E-state index is 0.0131. The summed E-state index contributed by atoms with van der Waals surface area (Å²) < 4.78 is 6.52. The molecule has 2 aliphatic carbocycles. The van der Waals surface area contributed by atoms with Crippen molar-refractivity contribution < 1.29 is 14.4 Å². The molecule has 36 heavy (non-hydrogen) atoms. The third-order valence-electron chi connectivity index (χ3n) is 7.13. The summed E-state index contributed by atoms with van der Waals surface area (Å²) in [6.45, 7) is 10.6. The molecule has 9 nitrogen and oxygen atoms in total. The number of hydrogen-bond acceptors (Lipinski definition) is 7. The first-order chi connectivity index (χ1) is 17.2. The number of nitrogens with one attached hydrogen (secondary N) is 4. The van der Waals surface area contributed by atoms with Crippen LogP contribution in [0.25, 0.3) is 0 Å². The van der Waals surface area contributed by atoms with Crippen LogP contribution >= 0.6 is 0 Å². The van der Waals surface area contributed by atoms with Crippen LogP contribution in [0.3, 0.4) is 0 Å². The predicted molar refractivity (Wildman–Crippen MR) is 139 cm³/mol.